The number of anilines is 1. The Labute approximate surface area is 138 Å². The van der Waals surface area contributed by atoms with Crippen LogP contribution in [0.3, 0.4) is 0 Å². The van der Waals surface area contributed by atoms with Gasteiger partial charge in [0.1, 0.15) is 5.82 Å². The maximum Gasteiger partial charge on any atom is 0.161 e. The van der Waals surface area contributed by atoms with Crippen LogP contribution in [0, 0.1) is 5.41 Å². The van der Waals surface area contributed by atoms with Gasteiger partial charge in [-0.05, 0) is 49.7 Å². The summed E-state index contributed by atoms with van der Waals surface area (Å²) in [5.41, 5.74) is 4.07. The van der Waals surface area contributed by atoms with Crippen LogP contribution in [0.25, 0.3) is 11.4 Å². The zero-order valence-corrected chi connectivity index (χ0v) is 14.0. The molecule has 0 aromatic carbocycles. The fourth-order valence-electron chi connectivity index (χ4n) is 3.91. The first kappa shape index (κ1) is 14.6. The summed E-state index contributed by atoms with van der Waals surface area (Å²) in [6, 6.07) is 4.00. The number of aromatic nitrogens is 3. The van der Waals surface area contributed by atoms with Gasteiger partial charge in [-0.2, -0.15) is 0 Å². The molecule has 1 aliphatic carbocycles. The van der Waals surface area contributed by atoms with Crippen molar-refractivity contribution in [2.75, 3.05) is 18.0 Å². The molecule has 4 heteroatoms. The quantitative estimate of drug-likeness (QED) is 0.849. The molecule has 4 rings (SSSR count). The van der Waals surface area contributed by atoms with Crippen molar-refractivity contribution in [2.45, 2.75) is 46.0 Å². The molecule has 1 fully saturated rings. The second-order valence-corrected chi connectivity index (χ2v) is 7.57. The fraction of sp³-hybridized carbons (Fsp3) is 0.526. The van der Waals surface area contributed by atoms with Gasteiger partial charge in [-0.15, -0.1) is 0 Å². The van der Waals surface area contributed by atoms with Crippen LogP contribution in [0.1, 0.15) is 44.4 Å². The zero-order valence-electron chi connectivity index (χ0n) is 14.0. The van der Waals surface area contributed by atoms with E-state index < -0.39 is 0 Å². The van der Waals surface area contributed by atoms with Crippen LogP contribution in [0.4, 0.5) is 5.82 Å². The highest BCUT2D eigenvalue weighted by Crippen LogP contribution is 2.36. The average Bonchev–Trinajstić information content (AvgIpc) is 3.02. The van der Waals surface area contributed by atoms with E-state index in [0.717, 1.165) is 37.3 Å². The van der Waals surface area contributed by atoms with E-state index in [4.69, 9.17) is 9.97 Å². The highest BCUT2D eigenvalue weighted by atomic mass is 15.2. The maximum absolute atomic E-state index is 4.99. The topological polar surface area (TPSA) is 41.9 Å². The lowest BCUT2D eigenvalue weighted by Crippen LogP contribution is -2.41. The van der Waals surface area contributed by atoms with E-state index in [9.17, 15) is 0 Å². The predicted octanol–water partition coefficient (Wildman–Crippen LogP) is 3.65. The molecule has 0 spiro atoms. The number of pyridine rings is 1. The molecule has 0 unspecified atom stereocenters. The first-order valence-corrected chi connectivity index (χ1v) is 8.68. The molecule has 0 amide bonds. The number of nitrogens with zero attached hydrogens (tertiary/aromatic N) is 4. The van der Waals surface area contributed by atoms with E-state index in [0.29, 0.717) is 5.41 Å². The molecule has 4 nitrogen and oxygen atoms in total. The molecule has 2 aromatic heterocycles. The number of rotatable bonds is 2. The summed E-state index contributed by atoms with van der Waals surface area (Å²) in [5.74, 6) is 2.04. The molecular weight excluding hydrogens is 284 g/mol. The third kappa shape index (κ3) is 2.82. The van der Waals surface area contributed by atoms with Crippen molar-refractivity contribution in [3.63, 3.8) is 0 Å². The lowest BCUT2D eigenvalue weighted by molar-refractivity contribution is 0.292. The minimum Gasteiger partial charge on any atom is -0.356 e. The van der Waals surface area contributed by atoms with Crippen LogP contribution in [-0.2, 0) is 12.8 Å². The normalized spacial score (nSPS) is 19.7. The molecule has 0 radical (unpaired) electrons. The Balaban J connectivity index is 1.78. The second-order valence-electron chi connectivity index (χ2n) is 7.57. The number of fused-ring (bicyclic) bond motifs is 1. The van der Waals surface area contributed by atoms with Crippen LogP contribution in [-0.4, -0.2) is 28.0 Å². The standard InChI is InChI=1S/C19H24N4/c1-19(2)9-4-12-23(13-19)18-15-5-3-6-16(15)21-17(22-18)14-7-10-20-11-8-14/h7-8,10-11H,3-6,9,12-13H2,1-2H3. The van der Waals surface area contributed by atoms with Gasteiger partial charge >= 0.3 is 0 Å². The summed E-state index contributed by atoms with van der Waals surface area (Å²) in [6.07, 6.45) is 9.59. The average molecular weight is 308 g/mol. The molecule has 2 aliphatic rings. The maximum atomic E-state index is 4.99. The van der Waals surface area contributed by atoms with E-state index >= 15 is 0 Å². The lowest BCUT2D eigenvalue weighted by Gasteiger charge is -2.39. The SMILES string of the molecule is CC1(C)CCCN(c2nc(-c3ccncc3)nc3c2CCC3)C1. The van der Waals surface area contributed by atoms with Gasteiger partial charge in [-0.3, -0.25) is 4.98 Å². The Morgan fingerprint density at radius 3 is 2.65 bits per heavy atom. The van der Waals surface area contributed by atoms with Gasteiger partial charge in [0, 0.05) is 42.3 Å². The Hall–Kier alpha value is -1.97. The summed E-state index contributed by atoms with van der Waals surface area (Å²) < 4.78 is 0. The van der Waals surface area contributed by atoms with E-state index in [2.05, 4.69) is 23.7 Å². The van der Waals surface area contributed by atoms with Gasteiger partial charge in [-0.1, -0.05) is 13.8 Å². The van der Waals surface area contributed by atoms with Crippen LogP contribution < -0.4 is 4.90 Å². The minimum atomic E-state index is 0.367. The van der Waals surface area contributed by atoms with Crippen LogP contribution in [0.5, 0.6) is 0 Å². The van der Waals surface area contributed by atoms with E-state index in [-0.39, 0.29) is 0 Å². The summed E-state index contributed by atoms with van der Waals surface area (Å²) in [5, 5.41) is 0. The van der Waals surface area contributed by atoms with Gasteiger partial charge in [0.2, 0.25) is 0 Å². The zero-order chi connectivity index (χ0) is 15.9. The lowest BCUT2D eigenvalue weighted by atomic mass is 9.84. The van der Waals surface area contributed by atoms with Gasteiger partial charge in [0.05, 0.1) is 0 Å². The third-order valence-corrected chi connectivity index (χ3v) is 5.05. The molecule has 23 heavy (non-hydrogen) atoms. The summed E-state index contributed by atoms with van der Waals surface area (Å²) in [7, 11) is 0. The van der Waals surface area contributed by atoms with Gasteiger partial charge < -0.3 is 4.90 Å². The Kier molecular flexibility index (Phi) is 3.55. The van der Waals surface area contributed by atoms with Crippen molar-refractivity contribution in [1.29, 1.82) is 0 Å². The second kappa shape index (κ2) is 5.59. The smallest absolute Gasteiger partial charge is 0.161 e. The molecule has 0 saturated carbocycles. The number of piperidine rings is 1. The molecule has 1 saturated heterocycles. The van der Waals surface area contributed by atoms with E-state index in [1.165, 1.54) is 36.3 Å². The molecule has 0 atom stereocenters. The van der Waals surface area contributed by atoms with Gasteiger partial charge in [0.15, 0.2) is 5.82 Å². The van der Waals surface area contributed by atoms with Crippen LogP contribution in [0.2, 0.25) is 0 Å². The molecule has 1 aliphatic heterocycles. The molecule has 2 aromatic rings. The highest BCUT2D eigenvalue weighted by Gasteiger charge is 2.30. The van der Waals surface area contributed by atoms with Crippen molar-refractivity contribution in [2.24, 2.45) is 5.41 Å². The molecular formula is C19H24N4. The van der Waals surface area contributed by atoms with Gasteiger partial charge in [-0.25, -0.2) is 9.97 Å². The fourth-order valence-corrected chi connectivity index (χ4v) is 3.91. The molecule has 120 valence electrons. The van der Waals surface area contributed by atoms with Crippen molar-refractivity contribution in [3.05, 3.63) is 35.8 Å². The minimum absolute atomic E-state index is 0.367. The molecule has 0 bridgehead atoms. The number of hydrogen-bond acceptors (Lipinski definition) is 4. The van der Waals surface area contributed by atoms with E-state index in [1.807, 2.05) is 24.5 Å². The molecule has 3 heterocycles. The Morgan fingerprint density at radius 2 is 1.87 bits per heavy atom. The summed E-state index contributed by atoms with van der Waals surface area (Å²) in [4.78, 5) is 16.4. The largest absolute Gasteiger partial charge is 0.356 e. The van der Waals surface area contributed by atoms with Crippen LogP contribution >= 0.6 is 0 Å². The van der Waals surface area contributed by atoms with Crippen molar-refractivity contribution in [3.8, 4) is 11.4 Å². The van der Waals surface area contributed by atoms with Crippen LogP contribution in [0.15, 0.2) is 24.5 Å². The van der Waals surface area contributed by atoms with E-state index in [1.54, 1.807) is 0 Å². The third-order valence-electron chi connectivity index (χ3n) is 5.05. The summed E-state index contributed by atoms with van der Waals surface area (Å²) in [6.45, 7) is 6.93. The number of aryl methyl sites for hydroxylation is 1. The number of hydrogen-bond donors (Lipinski definition) is 0. The molecule has 0 N–H and O–H groups in total. The predicted molar refractivity (Wildman–Crippen MR) is 92.5 cm³/mol. The van der Waals surface area contributed by atoms with Crippen molar-refractivity contribution >= 4 is 5.82 Å². The summed E-state index contributed by atoms with van der Waals surface area (Å²) >= 11 is 0. The first-order valence-electron chi connectivity index (χ1n) is 8.68. The Morgan fingerprint density at radius 1 is 1.04 bits per heavy atom. The van der Waals surface area contributed by atoms with Crippen molar-refractivity contribution < 1.29 is 0 Å². The monoisotopic (exact) mass is 308 g/mol. The first-order chi connectivity index (χ1) is 11.1. The van der Waals surface area contributed by atoms with Gasteiger partial charge in [0.25, 0.3) is 0 Å². The highest BCUT2D eigenvalue weighted by molar-refractivity contribution is 5.61. The Bertz CT molecular complexity index is 709. The van der Waals surface area contributed by atoms with Crippen molar-refractivity contribution in [1.82, 2.24) is 15.0 Å².